The van der Waals surface area contributed by atoms with E-state index < -0.39 is 0 Å². The van der Waals surface area contributed by atoms with Gasteiger partial charge in [-0.1, -0.05) is 0 Å². The molecule has 2 aromatic rings. The van der Waals surface area contributed by atoms with Crippen LogP contribution in [0.3, 0.4) is 0 Å². The summed E-state index contributed by atoms with van der Waals surface area (Å²) in [5.41, 5.74) is 4.63. The zero-order chi connectivity index (χ0) is 15.6. The van der Waals surface area contributed by atoms with Crippen molar-refractivity contribution in [2.24, 2.45) is 4.99 Å². The van der Waals surface area contributed by atoms with Gasteiger partial charge in [0.25, 0.3) is 0 Å². The lowest BCUT2D eigenvalue weighted by Gasteiger charge is -2.27. The molecule has 2 aliphatic rings. The summed E-state index contributed by atoms with van der Waals surface area (Å²) in [6.45, 7) is 5.71. The number of imidazole rings is 1. The van der Waals surface area contributed by atoms with Gasteiger partial charge >= 0.3 is 0 Å². The molecule has 4 rings (SSSR count). The molecule has 0 radical (unpaired) electrons. The van der Waals surface area contributed by atoms with Crippen molar-refractivity contribution in [1.82, 2.24) is 24.8 Å². The Kier molecular flexibility index (Phi) is 3.91. The third-order valence-electron chi connectivity index (χ3n) is 4.52. The van der Waals surface area contributed by atoms with Gasteiger partial charge in [0.2, 0.25) is 0 Å². The van der Waals surface area contributed by atoms with Crippen LogP contribution >= 0.6 is 0 Å². The average Bonchev–Trinajstić information content (AvgIpc) is 3.00. The second-order valence-corrected chi connectivity index (χ2v) is 6.42. The summed E-state index contributed by atoms with van der Waals surface area (Å²) in [6, 6.07) is 0. The first kappa shape index (κ1) is 14.5. The molecular weight excluding hydrogens is 288 g/mol. The van der Waals surface area contributed by atoms with Crippen molar-refractivity contribution in [3.63, 3.8) is 0 Å². The van der Waals surface area contributed by atoms with Gasteiger partial charge in [-0.25, -0.2) is 15.0 Å². The molecule has 0 aromatic carbocycles. The molecule has 23 heavy (non-hydrogen) atoms. The first-order valence-corrected chi connectivity index (χ1v) is 8.39. The molecule has 4 heterocycles. The number of nitrogens with zero attached hydrogens (tertiary/aromatic N) is 5. The van der Waals surface area contributed by atoms with Crippen molar-refractivity contribution >= 4 is 5.71 Å². The van der Waals surface area contributed by atoms with Crippen LogP contribution in [0.4, 0.5) is 0 Å². The maximum Gasteiger partial charge on any atom is 0.173 e. The SMILES string of the molecule is Cc1cnc(CN2CCc3nc(C4=NCCCC4)ncc3C2)[nH]1. The minimum absolute atomic E-state index is 0.846. The highest BCUT2D eigenvalue weighted by atomic mass is 15.2. The number of aryl methyl sites for hydroxylation is 1. The summed E-state index contributed by atoms with van der Waals surface area (Å²) in [5.74, 6) is 1.87. The maximum absolute atomic E-state index is 4.79. The Morgan fingerprint density at radius 2 is 2.13 bits per heavy atom. The van der Waals surface area contributed by atoms with E-state index in [-0.39, 0.29) is 0 Å². The molecule has 0 spiro atoms. The molecule has 0 unspecified atom stereocenters. The highest BCUT2D eigenvalue weighted by Crippen LogP contribution is 2.19. The van der Waals surface area contributed by atoms with E-state index in [1.54, 1.807) is 0 Å². The molecule has 2 aromatic heterocycles. The molecule has 0 atom stereocenters. The van der Waals surface area contributed by atoms with Gasteiger partial charge in [-0.3, -0.25) is 9.89 Å². The minimum atomic E-state index is 0.846. The molecule has 6 heteroatoms. The Bertz CT molecular complexity index is 732. The van der Waals surface area contributed by atoms with Crippen LogP contribution < -0.4 is 0 Å². The monoisotopic (exact) mass is 310 g/mol. The van der Waals surface area contributed by atoms with E-state index in [4.69, 9.17) is 4.98 Å². The van der Waals surface area contributed by atoms with Crippen LogP contribution in [0.5, 0.6) is 0 Å². The molecule has 0 saturated carbocycles. The fourth-order valence-corrected chi connectivity index (χ4v) is 3.29. The summed E-state index contributed by atoms with van der Waals surface area (Å²) < 4.78 is 0. The Morgan fingerprint density at radius 1 is 1.17 bits per heavy atom. The molecule has 6 nitrogen and oxygen atoms in total. The summed E-state index contributed by atoms with van der Waals surface area (Å²) in [7, 11) is 0. The fourth-order valence-electron chi connectivity index (χ4n) is 3.29. The van der Waals surface area contributed by atoms with Crippen LogP contribution in [0, 0.1) is 6.92 Å². The van der Waals surface area contributed by atoms with Crippen molar-refractivity contribution < 1.29 is 0 Å². The zero-order valence-corrected chi connectivity index (χ0v) is 13.5. The molecule has 0 aliphatic carbocycles. The Labute approximate surface area is 136 Å². The van der Waals surface area contributed by atoms with E-state index in [1.807, 2.05) is 19.3 Å². The van der Waals surface area contributed by atoms with Gasteiger partial charge in [0.1, 0.15) is 5.82 Å². The fraction of sp³-hybridized carbons (Fsp3) is 0.529. The van der Waals surface area contributed by atoms with Gasteiger partial charge < -0.3 is 4.98 Å². The first-order valence-electron chi connectivity index (χ1n) is 8.39. The largest absolute Gasteiger partial charge is 0.345 e. The van der Waals surface area contributed by atoms with Crippen molar-refractivity contribution in [1.29, 1.82) is 0 Å². The molecule has 1 N–H and O–H groups in total. The van der Waals surface area contributed by atoms with E-state index >= 15 is 0 Å². The lowest BCUT2D eigenvalue weighted by Crippen LogP contribution is -2.31. The van der Waals surface area contributed by atoms with E-state index in [9.17, 15) is 0 Å². The Balaban J connectivity index is 1.48. The van der Waals surface area contributed by atoms with Gasteiger partial charge in [-0.05, 0) is 26.2 Å². The number of H-pyrrole nitrogens is 1. The van der Waals surface area contributed by atoms with Gasteiger partial charge in [-0.2, -0.15) is 0 Å². The molecule has 120 valence electrons. The standard InChI is InChI=1S/C17H22N6/c1-12-8-19-16(21-12)11-23-7-5-14-13(10-23)9-20-17(22-14)15-4-2-3-6-18-15/h8-9H,2-7,10-11H2,1H3,(H,19,21). The highest BCUT2D eigenvalue weighted by molar-refractivity contribution is 5.97. The van der Waals surface area contributed by atoms with Crippen molar-refractivity contribution in [3.05, 3.63) is 41.0 Å². The first-order chi connectivity index (χ1) is 11.3. The molecule has 0 bridgehead atoms. The van der Waals surface area contributed by atoms with Crippen LogP contribution in [0.25, 0.3) is 0 Å². The van der Waals surface area contributed by atoms with Gasteiger partial charge in [0.15, 0.2) is 5.82 Å². The second-order valence-electron chi connectivity index (χ2n) is 6.42. The van der Waals surface area contributed by atoms with Crippen LogP contribution in [0.1, 0.15) is 47.9 Å². The molecule has 0 amide bonds. The van der Waals surface area contributed by atoms with Crippen molar-refractivity contribution in [3.8, 4) is 0 Å². The third-order valence-corrected chi connectivity index (χ3v) is 4.52. The van der Waals surface area contributed by atoms with Crippen LogP contribution in [0.15, 0.2) is 17.4 Å². The molecule has 0 saturated heterocycles. The van der Waals surface area contributed by atoms with Crippen LogP contribution in [-0.2, 0) is 19.5 Å². The number of aliphatic imine (C=N–C) groups is 1. The number of hydrogen-bond donors (Lipinski definition) is 1. The number of aromatic amines is 1. The average molecular weight is 310 g/mol. The van der Waals surface area contributed by atoms with Crippen LogP contribution in [0.2, 0.25) is 0 Å². The van der Waals surface area contributed by atoms with Gasteiger partial charge in [0, 0.05) is 49.7 Å². The predicted molar refractivity (Wildman–Crippen MR) is 88.4 cm³/mol. The molecular formula is C17H22N6. The normalized spacial score (nSPS) is 18.6. The van der Waals surface area contributed by atoms with E-state index in [1.165, 1.54) is 24.1 Å². The van der Waals surface area contributed by atoms with E-state index in [2.05, 4.69) is 24.8 Å². The third kappa shape index (κ3) is 3.17. The minimum Gasteiger partial charge on any atom is -0.345 e. The topological polar surface area (TPSA) is 70.1 Å². The summed E-state index contributed by atoms with van der Waals surface area (Å²) in [6.07, 6.45) is 8.26. The lowest BCUT2D eigenvalue weighted by atomic mass is 10.1. The second kappa shape index (κ2) is 6.20. The lowest BCUT2D eigenvalue weighted by molar-refractivity contribution is 0.237. The summed E-state index contributed by atoms with van der Waals surface area (Å²) in [5, 5.41) is 0. The number of hydrogen-bond acceptors (Lipinski definition) is 5. The van der Waals surface area contributed by atoms with Crippen LogP contribution in [-0.4, -0.2) is 43.6 Å². The van der Waals surface area contributed by atoms with E-state index in [0.29, 0.717) is 0 Å². The quantitative estimate of drug-likeness (QED) is 0.942. The zero-order valence-electron chi connectivity index (χ0n) is 13.5. The molecule has 0 fully saturated rings. The predicted octanol–water partition coefficient (Wildman–Crippen LogP) is 2.04. The van der Waals surface area contributed by atoms with Gasteiger partial charge in [0.05, 0.1) is 18.0 Å². The van der Waals surface area contributed by atoms with Crippen molar-refractivity contribution in [2.45, 2.75) is 45.7 Å². The number of aromatic nitrogens is 4. The summed E-state index contributed by atoms with van der Waals surface area (Å²) in [4.78, 5) is 24.0. The Hall–Kier alpha value is -2.08. The number of fused-ring (bicyclic) bond motifs is 1. The maximum atomic E-state index is 4.79. The highest BCUT2D eigenvalue weighted by Gasteiger charge is 2.20. The number of nitrogens with one attached hydrogen (secondary N) is 1. The smallest absolute Gasteiger partial charge is 0.173 e. The Morgan fingerprint density at radius 3 is 2.91 bits per heavy atom. The van der Waals surface area contributed by atoms with Crippen molar-refractivity contribution in [2.75, 3.05) is 13.1 Å². The summed E-state index contributed by atoms with van der Waals surface area (Å²) >= 11 is 0. The number of rotatable bonds is 3. The van der Waals surface area contributed by atoms with Gasteiger partial charge in [-0.15, -0.1) is 0 Å². The molecule has 2 aliphatic heterocycles. The van der Waals surface area contributed by atoms with E-state index in [0.717, 1.165) is 62.1 Å².